The van der Waals surface area contributed by atoms with Gasteiger partial charge >= 0.3 is 0 Å². The van der Waals surface area contributed by atoms with Crippen molar-refractivity contribution in [3.05, 3.63) is 65.4 Å². The molecular weight excluding hydrogens is 453 g/mol. The van der Waals surface area contributed by atoms with Crippen LogP contribution in [0.25, 0.3) is 10.6 Å². The Hall–Kier alpha value is -2.66. The van der Waals surface area contributed by atoms with Crippen molar-refractivity contribution in [3.8, 4) is 10.6 Å². The van der Waals surface area contributed by atoms with E-state index in [1.54, 1.807) is 18.2 Å². The maximum absolute atomic E-state index is 14.0. The molecule has 32 heavy (non-hydrogen) atoms. The number of aromatic nitrogens is 1. The molecule has 0 saturated carbocycles. The van der Waals surface area contributed by atoms with Crippen LogP contribution in [0.4, 0.5) is 10.1 Å². The zero-order chi connectivity index (χ0) is 22.9. The standard InChI is InChI=1S/C22H22FN3O4S2/c1-14-12-26(13-15(2)30-14)32(28,29)17-9-7-16(8-10-17)25-21(27)20-11-24-22(31-20)18-5-3-4-6-19(18)23/h3-11,14-15H,12-13H2,1-2H3,(H,25,27). The first-order chi connectivity index (χ1) is 15.2. The lowest BCUT2D eigenvalue weighted by molar-refractivity contribution is -0.0440. The predicted molar refractivity (Wildman–Crippen MR) is 121 cm³/mol. The van der Waals surface area contributed by atoms with Gasteiger partial charge in [0.1, 0.15) is 15.7 Å². The van der Waals surface area contributed by atoms with Crippen molar-refractivity contribution >= 4 is 33.0 Å². The number of amides is 1. The summed E-state index contributed by atoms with van der Waals surface area (Å²) in [4.78, 5) is 17.2. The molecule has 1 saturated heterocycles. The summed E-state index contributed by atoms with van der Waals surface area (Å²) in [7, 11) is -3.66. The van der Waals surface area contributed by atoms with Gasteiger partial charge in [-0.1, -0.05) is 12.1 Å². The number of halogens is 1. The zero-order valence-electron chi connectivity index (χ0n) is 17.5. The summed E-state index contributed by atoms with van der Waals surface area (Å²) in [6.07, 6.45) is 1.03. The van der Waals surface area contributed by atoms with Crippen LogP contribution in [0.3, 0.4) is 0 Å². The number of thiazole rings is 1. The molecule has 1 N–H and O–H groups in total. The molecule has 0 radical (unpaired) electrons. The van der Waals surface area contributed by atoms with Gasteiger partial charge in [0.25, 0.3) is 5.91 Å². The number of benzene rings is 2. The van der Waals surface area contributed by atoms with E-state index in [0.717, 1.165) is 11.3 Å². The predicted octanol–water partition coefficient (Wildman–Crippen LogP) is 4.00. The number of morpholine rings is 1. The van der Waals surface area contributed by atoms with Gasteiger partial charge in [0.05, 0.1) is 23.3 Å². The van der Waals surface area contributed by atoms with E-state index in [0.29, 0.717) is 34.2 Å². The minimum atomic E-state index is -3.66. The third-order valence-corrected chi connectivity index (χ3v) is 7.85. The molecule has 2 heterocycles. The minimum absolute atomic E-state index is 0.149. The molecule has 1 aliphatic rings. The second-order valence-electron chi connectivity index (χ2n) is 7.57. The SMILES string of the molecule is CC1CN(S(=O)(=O)c2ccc(NC(=O)c3cnc(-c4ccccc4F)s3)cc2)CC(C)O1. The van der Waals surface area contributed by atoms with Gasteiger partial charge in [-0.3, -0.25) is 4.79 Å². The van der Waals surface area contributed by atoms with Gasteiger partial charge in [0.2, 0.25) is 10.0 Å². The van der Waals surface area contributed by atoms with Crippen molar-refractivity contribution < 1.29 is 22.3 Å². The molecule has 2 unspecified atom stereocenters. The fraction of sp³-hybridized carbons (Fsp3) is 0.273. The second kappa shape index (κ2) is 9.07. The smallest absolute Gasteiger partial charge is 0.267 e. The first kappa shape index (κ1) is 22.5. The third-order valence-electron chi connectivity index (χ3n) is 4.97. The van der Waals surface area contributed by atoms with E-state index in [4.69, 9.17) is 4.74 Å². The number of hydrogen-bond acceptors (Lipinski definition) is 6. The molecule has 0 spiro atoms. The molecule has 2 atom stereocenters. The van der Waals surface area contributed by atoms with Crippen LogP contribution in [0.1, 0.15) is 23.5 Å². The number of hydrogen-bond donors (Lipinski definition) is 1. The lowest BCUT2D eigenvalue weighted by Gasteiger charge is -2.34. The van der Waals surface area contributed by atoms with Gasteiger partial charge in [0, 0.05) is 24.3 Å². The lowest BCUT2D eigenvalue weighted by atomic mass is 10.2. The summed E-state index contributed by atoms with van der Waals surface area (Å²) in [6.45, 7) is 4.27. The number of rotatable bonds is 5. The van der Waals surface area contributed by atoms with Crippen molar-refractivity contribution in [1.82, 2.24) is 9.29 Å². The Bertz CT molecular complexity index is 1220. The van der Waals surface area contributed by atoms with Crippen LogP contribution in [0, 0.1) is 5.82 Å². The number of nitrogens with zero attached hydrogens (tertiary/aromatic N) is 2. The molecule has 7 nitrogen and oxygen atoms in total. The average Bonchev–Trinajstić information content (AvgIpc) is 3.24. The van der Waals surface area contributed by atoms with Crippen LogP contribution in [-0.2, 0) is 14.8 Å². The van der Waals surface area contributed by atoms with Crippen LogP contribution in [0.15, 0.2) is 59.6 Å². The van der Waals surface area contributed by atoms with Crippen molar-refractivity contribution in [2.45, 2.75) is 31.0 Å². The summed E-state index contributed by atoms with van der Waals surface area (Å²) in [5.74, 6) is -0.814. The minimum Gasteiger partial charge on any atom is -0.373 e. The van der Waals surface area contributed by atoms with E-state index in [9.17, 15) is 17.6 Å². The Morgan fingerprint density at radius 1 is 1.12 bits per heavy atom. The topological polar surface area (TPSA) is 88.6 Å². The Balaban J connectivity index is 1.46. The first-order valence-electron chi connectivity index (χ1n) is 10.0. The molecule has 1 aromatic heterocycles. The maximum Gasteiger partial charge on any atom is 0.267 e. The molecular formula is C22H22FN3O4S2. The molecule has 1 aliphatic heterocycles. The molecule has 4 rings (SSSR count). The number of carbonyl (C=O) groups is 1. The molecule has 168 valence electrons. The van der Waals surface area contributed by atoms with Crippen molar-refractivity contribution in [2.75, 3.05) is 18.4 Å². The van der Waals surface area contributed by atoms with E-state index >= 15 is 0 Å². The molecule has 0 aliphatic carbocycles. The van der Waals surface area contributed by atoms with Crippen LogP contribution in [-0.4, -0.2) is 48.9 Å². The third kappa shape index (κ3) is 4.73. The number of carbonyl (C=O) groups excluding carboxylic acids is 1. The molecule has 3 aromatic rings. The fourth-order valence-corrected chi connectivity index (χ4v) is 5.95. The van der Waals surface area contributed by atoms with Crippen LogP contribution in [0.5, 0.6) is 0 Å². The van der Waals surface area contributed by atoms with E-state index in [-0.39, 0.29) is 17.1 Å². The highest BCUT2D eigenvalue weighted by molar-refractivity contribution is 7.89. The monoisotopic (exact) mass is 475 g/mol. The quantitative estimate of drug-likeness (QED) is 0.603. The van der Waals surface area contributed by atoms with E-state index in [2.05, 4.69) is 10.3 Å². The summed E-state index contributed by atoms with van der Waals surface area (Å²) >= 11 is 1.08. The number of ether oxygens (including phenoxy) is 1. The normalized spacial score (nSPS) is 19.6. The summed E-state index contributed by atoms with van der Waals surface area (Å²) < 4.78 is 46.9. The van der Waals surface area contributed by atoms with Gasteiger partial charge in [-0.05, 0) is 50.2 Å². The highest BCUT2D eigenvalue weighted by Crippen LogP contribution is 2.28. The Labute approximate surface area is 189 Å². The first-order valence-corrected chi connectivity index (χ1v) is 12.3. The summed E-state index contributed by atoms with van der Waals surface area (Å²) in [6, 6.07) is 12.2. The van der Waals surface area contributed by atoms with Crippen molar-refractivity contribution in [1.29, 1.82) is 0 Å². The van der Waals surface area contributed by atoms with E-state index in [1.807, 2.05) is 13.8 Å². The fourth-order valence-electron chi connectivity index (χ4n) is 3.52. The largest absolute Gasteiger partial charge is 0.373 e. The van der Waals surface area contributed by atoms with Gasteiger partial charge < -0.3 is 10.1 Å². The van der Waals surface area contributed by atoms with E-state index in [1.165, 1.54) is 40.8 Å². The molecule has 0 bridgehead atoms. The summed E-state index contributed by atoms with van der Waals surface area (Å²) in [5.41, 5.74) is 0.774. The van der Waals surface area contributed by atoms with Crippen LogP contribution in [0.2, 0.25) is 0 Å². The molecule has 1 fully saturated rings. The van der Waals surface area contributed by atoms with Gasteiger partial charge in [-0.2, -0.15) is 4.31 Å². The number of sulfonamides is 1. The van der Waals surface area contributed by atoms with Gasteiger partial charge in [-0.25, -0.2) is 17.8 Å². The zero-order valence-corrected chi connectivity index (χ0v) is 19.1. The Kier molecular flexibility index (Phi) is 6.38. The molecule has 2 aromatic carbocycles. The van der Waals surface area contributed by atoms with Gasteiger partial charge in [-0.15, -0.1) is 11.3 Å². The number of anilines is 1. The molecule has 1 amide bonds. The number of nitrogens with one attached hydrogen (secondary N) is 1. The van der Waals surface area contributed by atoms with Crippen molar-refractivity contribution in [3.63, 3.8) is 0 Å². The van der Waals surface area contributed by atoms with E-state index < -0.39 is 21.7 Å². The van der Waals surface area contributed by atoms with Crippen LogP contribution < -0.4 is 5.32 Å². The Morgan fingerprint density at radius 3 is 2.44 bits per heavy atom. The average molecular weight is 476 g/mol. The second-order valence-corrected chi connectivity index (χ2v) is 10.5. The van der Waals surface area contributed by atoms with Crippen molar-refractivity contribution in [2.24, 2.45) is 0 Å². The molecule has 10 heteroatoms. The van der Waals surface area contributed by atoms with Crippen LogP contribution >= 0.6 is 11.3 Å². The highest BCUT2D eigenvalue weighted by atomic mass is 32.2. The Morgan fingerprint density at radius 2 is 1.78 bits per heavy atom. The maximum atomic E-state index is 14.0. The lowest BCUT2D eigenvalue weighted by Crippen LogP contribution is -2.48. The summed E-state index contributed by atoms with van der Waals surface area (Å²) in [5, 5.41) is 3.13. The van der Waals surface area contributed by atoms with Gasteiger partial charge in [0.15, 0.2) is 0 Å². The highest BCUT2D eigenvalue weighted by Gasteiger charge is 2.32.